The third kappa shape index (κ3) is 21.2. The first-order valence-corrected chi connectivity index (χ1v) is 17.5. The van der Waals surface area contributed by atoms with E-state index in [-0.39, 0.29) is 12.2 Å². The minimum atomic E-state index is -5.83. The van der Waals surface area contributed by atoms with Crippen molar-refractivity contribution in [3.63, 3.8) is 0 Å². The van der Waals surface area contributed by atoms with Crippen molar-refractivity contribution in [1.82, 2.24) is 0 Å². The number of hydrogen-bond donors (Lipinski definition) is 0. The number of methoxy groups -OCH3 is 1. The highest BCUT2D eigenvalue weighted by molar-refractivity contribution is 8.41. The fraction of sp³-hybridized carbons (Fsp3) is 1.00. The maximum Gasteiger partial charge on any atom is 0.276 e. The third-order valence-corrected chi connectivity index (χ3v) is 7.45. The van der Waals surface area contributed by atoms with Crippen LogP contribution in [-0.4, -0.2) is 38.7 Å². The summed E-state index contributed by atoms with van der Waals surface area (Å²) in [5.41, 5.74) is 0. The first-order valence-electron chi connectivity index (χ1n) is 8.11. The van der Waals surface area contributed by atoms with E-state index >= 15 is 0 Å². The standard InChI is InChI=1S/C7H17O3P3.C3H8.CH7O9P3/c1-5-3-6(8-2)7(10-5)4-9-13(11)12;1-3-2;1-11(2,3)9-13(7,8)10-12(4,5)6/h5-7H,3-4,11-12H2,1-2H3;3H2,1-2H3;1H3,(H,2,3)(H,7,8)(H2,4,5,6)/p-4/t5-,6+,7+;;/m0../s1. The molecule has 0 saturated carbocycles. The van der Waals surface area contributed by atoms with Gasteiger partial charge in [0, 0.05) is 20.2 Å². The zero-order valence-electron chi connectivity index (χ0n) is 16.7. The monoisotopic (exact) mass is 538 g/mol. The van der Waals surface area contributed by atoms with Gasteiger partial charge in [-0.15, -0.1) is 0 Å². The zero-order chi connectivity index (χ0) is 23.5. The molecule has 0 amide bonds. The van der Waals surface area contributed by atoms with Crippen molar-refractivity contribution < 1.29 is 55.9 Å². The van der Waals surface area contributed by atoms with Crippen LogP contribution in [0.25, 0.3) is 0 Å². The van der Waals surface area contributed by atoms with Crippen LogP contribution >= 0.6 is 48.6 Å². The summed E-state index contributed by atoms with van der Waals surface area (Å²) in [6, 6.07) is 0. The molecule has 7 atom stereocenters. The van der Waals surface area contributed by atoms with Gasteiger partial charge in [0.15, 0.2) is 0 Å². The highest BCUT2D eigenvalue weighted by Gasteiger charge is 2.33. The Morgan fingerprint density at radius 1 is 1.10 bits per heavy atom. The highest BCUT2D eigenvalue weighted by Crippen LogP contribution is 2.58. The molecule has 178 valence electrons. The van der Waals surface area contributed by atoms with Crippen LogP contribution in [0.2, 0.25) is 0 Å². The quantitative estimate of drug-likeness (QED) is 0.401. The summed E-state index contributed by atoms with van der Waals surface area (Å²) in [5, 5.41) is 0. The van der Waals surface area contributed by atoms with Gasteiger partial charge in [0.1, 0.15) is 13.7 Å². The lowest BCUT2D eigenvalue weighted by molar-refractivity contribution is -0.339. The number of phosphoric acid groups is 2. The Morgan fingerprint density at radius 2 is 1.59 bits per heavy atom. The van der Waals surface area contributed by atoms with Gasteiger partial charge in [0.2, 0.25) is 0 Å². The van der Waals surface area contributed by atoms with Gasteiger partial charge < -0.3 is 42.7 Å². The molecule has 1 fully saturated rings. The van der Waals surface area contributed by atoms with Gasteiger partial charge >= 0.3 is 0 Å². The van der Waals surface area contributed by atoms with Crippen molar-refractivity contribution >= 4 is 48.6 Å². The lowest BCUT2D eigenvalue weighted by Crippen LogP contribution is -2.27. The third-order valence-electron chi connectivity index (χ3n) is 2.52. The van der Waals surface area contributed by atoms with E-state index in [0.29, 0.717) is 19.4 Å². The van der Waals surface area contributed by atoms with E-state index in [0.717, 1.165) is 6.42 Å². The highest BCUT2D eigenvalue weighted by atomic mass is 32.4. The average molecular weight is 538 g/mol. The second kappa shape index (κ2) is 15.5. The lowest BCUT2D eigenvalue weighted by atomic mass is 10.1. The predicted octanol–water partition coefficient (Wildman–Crippen LogP) is 1.09. The largest absolute Gasteiger partial charge is 0.790 e. The second-order valence-corrected chi connectivity index (χ2v) is 16.1. The Balaban J connectivity index is 0. The van der Waals surface area contributed by atoms with Crippen molar-refractivity contribution in [2.75, 3.05) is 20.4 Å². The summed E-state index contributed by atoms with van der Waals surface area (Å²) in [5.74, 6) is 0. The Labute approximate surface area is 177 Å². The fourth-order valence-corrected chi connectivity index (χ4v) is 5.45. The summed E-state index contributed by atoms with van der Waals surface area (Å²) in [4.78, 5) is 40.0. The predicted molar refractivity (Wildman–Crippen MR) is 109 cm³/mol. The van der Waals surface area contributed by atoms with Crippen molar-refractivity contribution in [3.8, 4) is 0 Å². The minimum Gasteiger partial charge on any atom is -0.790 e. The summed E-state index contributed by atoms with van der Waals surface area (Å²) in [6.45, 7) is 7.30. The average Bonchev–Trinajstić information content (AvgIpc) is 2.81. The lowest BCUT2D eigenvalue weighted by Gasteiger charge is -2.37. The van der Waals surface area contributed by atoms with E-state index in [1.54, 1.807) is 7.11 Å². The van der Waals surface area contributed by atoms with E-state index in [4.69, 9.17) is 14.0 Å². The topological polar surface area (TPSA) is 190 Å². The molecule has 12 nitrogen and oxygen atoms in total. The van der Waals surface area contributed by atoms with E-state index in [1.807, 2.05) is 0 Å². The van der Waals surface area contributed by atoms with Crippen LogP contribution < -0.4 is 19.6 Å². The first-order chi connectivity index (χ1) is 13.0. The second-order valence-electron chi connectivity index (χ2n) is 5.69. The summed E-state index contributed by atoms with van der Waals surface area (Å²) in [6.07, 6.45) is 2.81. The molecule has 1 aliphatic rings. The number of rotatable bonds is 8. The molecule has 0 spiro atoms. The first kappa shape index (κ1) is 32.8. The molecule has 0 aliphatic carbocycles. The summed E-state index contributed by atoms with van der Waals surface area (Å²) < 4.78 is 52.8. The zero-order valence-corrected chi connectivity index (χ0v) is 22.6. The molecule has 0 aromatic heterocycles. The van der Waals surface area contributed by atoms with Gasteiger partial charge in [0.25, 0.3) is 7.82 Å². The van der Waals surface area contributed by atoms with Gasteiger partial charge in [-0.25, -0.2) is 0 Å². The smallest absolute Gasteiger partial charge is 0.276 e. The fourth-order valence-electron chi connectivity index (χ4n) is 1.79. The molecule has 29 heavy (non-hydrogen) atoms. The van der Waals surface area contributed by atoms with Crippen LogP contribution in [0, 0.1) is 0 Å². The molecule has 0 aromatic rings. The maximum absolute atomic E-state index is 10.3. The maximum atomic E-state index is 10.3. The van der Waals surface area contributed by atoms with Crippen LogP contribution in [0.15, 0.2) is 0 Å². The normalized spacial score (nSPS) is 25.9. The van der Waals surface area contributed by atoms with Gasteiger partial charge in [0.05, 0.1) is 34.2 Å². The molecule has 4 unspecified atom stereocenters. The Morgan fingerprint density at radius 3 is 1.93 bits per heavy atom. The Kier molecular flexibility index (Phi) is 17.5. The molecule has 1 aliphatic heterocycles. The molecule has 18 heteroatoms. The number of hydrogen-bond acceptors (Lipinski definition) is 12. The molecule has 1 saturated heterocycles. The molecule has 0 bridgehead atoms. The molecule has 1 rings (SSSR count). The Bertz CT molecular complexity index is 549. The SMILES string of the molecule is CCC.CO[C@@H]1C[C@H](C)O[C@@H]1COP(P)P.CP(=O)([O-])OP(=O)([O-])OP(=O)([O-])[O-]. The van der Waals surface area contributed by atoms with E-state index in [9.17, 15) is 33.3 Å². The summed E-state index contributed by atoms with van der Waals surface area (Å²) >= 11 is 0. The van der Waals surface area contributed by atoms with Crippen LogP contribution in [0.5, 0.6) is 0 Å². The van der Waals surface area contributed by atoms with E-state index < -0.39 is 30.8 Å². The van der Waals surface area contributed by atoms with Gasteiger partial charge in [-0.2, -0.15) is 0 Å². The van der Waals surface area contributed by atoms with Gasteiger partial charge in [-0.05, 0) is 6.92 Å². The van der Waals surface area contributed by atoms with Crippen LogP contribution in [0.3, 0.4) is 0 Å². The molecular formula is C11H28O12P6-4. The number of ether oxygens (including phenoxy) is 2. The van der Waals surface area contributed by atoms with Gasteiger partial charge in [-0.3, -0.25) is 13.2 Å². The van der Waals surface area contributed by atoms with Crippen LogP contribution in [0.1, 0.15) is 33.6 Å². The van der Waals surface area contributed by atoms with E-state index in [1.165, 1.54) is 6.42 Å². The van der Waals surface area contributed by atoms with Crippen LogP contribution in [-0.2, 0) is 36.3 Å². The molecular weight excluding hydrogens is 510 g/mol. The van der Waals surface area contributed by atoms with Crippen molar-refractivity contribution in [2.24, 2.45) is 0 Å². The summed E-state index contributed by atoms with van der Waals surface area (Å²) in [7, 11) is -9.68. The minimum absolute atomic E-state index is 0.103. The molecule has 0 N–H and O–H groups in total. The van der Waals surface area contributed by atoms with Gasteiger partial charge in [-0.1, -0.05) is 38.1 Å². The molecule has 1 heterocycles. The van der Waals surface area contributed by atoms with Crippen molar-refractivity contribution in [2.45, 2.75) is 51.9 Å². The van der Waals surface area contributed by atoms with Crippen LogP contribution in [0.4, 0.5) is 0 Å². The van der Waals surface area contributed by atoms with Crippen molar-refractivity contribution in [1.29, 1.82) is 0 Å². The Hall–Kier alpha value is 1.62. The van der Waals surface area contributed by atoms with E-state index in [2.05, 4.69) is 47.2 Å². The van der Waals surface area contributed by atoms with Crippen molar-refractivity contribution in [3.05, 3.63) is 0 Å². The molecule has 0 radical (unpaired) electrons. The molecule has 0 aromatic carbocycles.